The third-order valence-electron chi connectivity index (χ3n) is 5.07. The second-order valence-corrected chi connectivity index (χ2v) is 8.01. The molecule has 2 aromatic rings. The molecule has 5 heteroatoms. The van der Waals surface area contributed by atoms with E-state index in [1.165, 1.54) is 21.7 Å². The lowest BCUT2D eigenvalue weighted by Crippen LogP contribution is -2.34. The molecule has 1 unspecified atom stereocenters. The SMILES string of the molecule is CCCN(CCc1cccs1)c1cccc2c1C(NC(=O)OCC)CCC2. The first kappa shape index (κ1) is 19.7. The first-order valence-corrected chi connectivity index (χ1v) is 10.9. The zero-order valence-electron chi connectivity index (χ0n) is 16.4. The minimum absolute atomic E-state index is 0.0325. The number of hydrogen-bond acceptors (Lipinski definition) is 4. The summed E-state index contributed by atoms with van der Waals surface area (Å²) < 4.78 is 5.14. The number of aryl methyl sites for hydroxylation is 1. The van der Waals surface area contributed by atoms with Crippen molar-refractivity contribution >= 4 is 23.1 Å². The maximum absolute atomic E-state index is 12.1. The van der Waals surface area contributed by atoms with E-state index < -0.39 is 0 Å². The van der Waals surface area contributed by atoms with E-state index in [4.69, 9.17) is 4.74 Å². The topological polar surface area (TPSA) is 41.6 Å². The van der Waals surface area contributed by atoms with Crippen molar-refractivity contribution in [2.24, 2.45) is 0 Å². The fourth-order valence-corrected chi connectivity index (χ4v) is 4.62. The van der Waals surface area contributed by atoms with Crippen LogP contribution >= 0.6 is 11.3 Å². The van der Waals surface area contributed by atoms with Gasteiger partial charge in [-0.15, -0.1) is 11.3 Å². The van der Waals surface area contributed by atoms with E-state index in [1.807, 2.05) is 18.3 Å². The summed E-state index contributed by atoms with van der Waals surface area (Å²) in [6.07, 6.45) is 4.98. The van der Waals surface area contributed by atoms with Crippen LogP contribution in [0.1, 0.15) is 55.2 Å². The number of thiophene rings is 1. The summed E-state index contributed by atoms with van der Waals surface area (Å²) in [4.78, 5) is 16.0. The van der Waals surface area contributed by atoms with Crippen molar-refractivity contribution in [3.63, 3.8) is 0 Å². The van der Waals surface area contributed by atoms with E-state index in [2.05, 4.69) is 52.9 Å². The summed E-state index contributed by atoms with van der Waals surface area (Å²) >= 11 is 1.82. The highest BCUT2D eigenvalue weighted by atomic mass is 32.1. The van der Waals surface area contributed by atoms with E-state index >= 15 is 0 Å². The molecule has 0 saturated carbocycles. The zero-order chi connectivity index (χ0) is 19.1. The molecule has 1 aromatic heterocycles. The lowest BCUT2D eigenvalue weighted by Gasteiger charge is -2.34. The molecular formula is C22H30N2O2S. The van der Waals surface area contributed by atoms with E-state index in [0.29, 0.717) is 6.61 Å². The molecule has 1 aliphatic rings. The molecule has 0 fully saturated rings. The predicted molar refractivity (Wildman–Crippen MR) is 113 cm³/mol. The molecule has 3 rings (SSSR count). The summed E-state index contributed by atoms with van der Waals surface area (Å²) in [5.41, 5.74) is 3.92. The van der Waals surface area contributed by atoms with Crippen LogP contribution in [-0.2, 0) is 17.6 Å². The maximum atomic E-state index is 12.1. The van der Waals surface area contributed by atoms with Gasteiger partial charge in [0.1, 0.15) is 0 Å². The van der Waals surface area contributed by atoms with Gasteiger partial charge in [-0.05, 0) is 62.1 Å². The van der Waals surface area contributed by atoms with Crippen LogP contribution in [0.15, 0.2) is 35.7 Å². The molecule has 1 N–H and O–H groups in total. The van der Waals surface area contributed by atoms with Crippen molar-refractivity contribution in [2.45, 2.75) is 52.0 Å². The van der Waals surface area contributed by atoms with Gasteiger partial charge in [0.2, 0.25) is 0 Å². The lowest BCUT2D eigenvalue weighted by molar-refractivity contribution is 0.147. The predicted octanol–water partition coefficient (Wildman–Crippen LogP) is 5.33. The molecular weight excluding hydrogens is 356 g/mol. The van der Waals surface area contributed by atoms with Gasteiger partial charge in [-0.25, -0.2) is 4.79 Å². The van der Waals surface area contributed by atoms with Gasteiger partial charge in [0.25, 0.3) is 0 Å². The average Bonchev–Trinajstić information content (AvgIpc) is 3.19. The Kier molecular flexibility index (Phi) is 7.16. The summed E-state index contributed by atoms with van der Waals surface area (Å²) in [6, 6.07) is 10.9. The number of benzene rings is 1. The van der Waals surface area contributed by atoms with E-state index in [9.17, 15) is 4.79 Å². The van der Waals surface area contributed by atoms with E-state index in [1.54, 1.807) is 0 Å². The second kappa shape index (κ2) is 9.79. The molecule has 27 heavy (non-hydrogen) atoms. The van der Waals surface area contributed by atoms with Gasteiger partial charge in [-0.2, -0.15) is 0 Å². The molecule has 0 aliphatic heterocycles. The molecule has 4 nitrogen and oxygen atoms in total. The highest BCUT2D eigenvalue weighted by Gasteiger charge is 2.26. The van der Waals surface area contributed by atoms with Gasteiger partial charge in [0.05, 0.1) is 12.6 Å². The number of nitrogens with one attached hydrogen (secondary N) is 1. The van der Waals surface area contributed by atoms with Gasteiger partial charge in [-0.1, -0.05) is 25.1 Å². The van der Waals surface area contributed by atoms with Crippen LogP contribution in [0.3, 0.4) is 0 Å². The van der Waals surface area contributed by atoms with Crippen molar-refractivity contribution in [1.82, 2.24) is 5.32 Å². The average molecular weight is 387 g/mol. The van der Waals surface area contributed by atoms with Crippen molar-refractivity contribution in [2.75, 3.05) is 24.6 Å². The number of amides is 1. The minimum atomic E-state index is -0.314. The fraction of sp³-hybridized carbons (Fsp3) is 0.500. The summed E-state index contributed by atoms with van der Waals surface area (Å²) in [5, 5.41) is 5.24. The highest BCUT2D eigenvalue weighted by molar-refractivity contribution is 7.09. The number of anilines is 1. The quantitative estimate of drug-likeness (QED) is 0.667. The molecule has 0 radical (unpaired) electrons. The lowest BCUT2D eigenvalue weighted by atomic mass is 9.86. The maximum Gasteiger partial charge on any atom is 0.407 e. The van der Waals surface area contributed by atoms with Crippen LogP contribution in [0.5, 0.6) is 0 Å². The molecule has 0 saturated heterocycles. The van der Waals surface area contributed by atoms with Gasteiger partial charge in [-0.3, -0.25) is 0 Å². The van der Waals surface area contributed by atoms with Crippen molar-refractivity contribution in [3.05, 3.63) is 51.7 Å². The number of rotatable bonds is 8. The number of carbonyl (C=O) groups excluding carboxylic acids is 1. The summed E-state index contributed by atoms with van der Waals surface area (Å²) in [6.45, 7) is 6.48. The van der Waals surface area contributed by atoms with Crippen LogP contribution in [0, 0.1) is 0 Å². The van der Waals surface area contributed by atoms with Crippen molar-refractivity contribution < 1.29 is 9.53 Å². The summed E-state index contributed by atoms with van der Waals surface area (Å²) in [5.74, 6) is 0. The Morgan fingerprint density at radius 2 is 2.15 bits per heavy atom. The van der Waals surface area contributed by atoms with Crippen LogP contribution < -0.4 is 10.2 Å². The fourth-order valence-electron chi connectivity index (χ4n) is 3.92. The van der Waals surface area contributed by atoms with Crippen LogP contribution in [-0.4, -0.2) is 25.8 Å². The van der Waals surface area contributed by atoms with Gasteiger partial charge in [0, 0.05) is 29.2 Å². The van der Waals surface area contributed by atoms with Crippen LogP contribution in [0.2, 0.25) is 0 Å². The smallest absolute Gasteiger partial charge is 0.407 e. The number of hydrogen-bond donors (Lipinski definition) is 1. The highest BCUT2D eigenvalue weighted by Crippen LogP contribution is 2.37. The number of alkyl carbamates (subject to hydrolysis) is 1. The first-order valence-electron chi connectivity index (χ1n) is 10.0. The minimum Gasteiger partial charge on any atom is -0.450 e. The summed E-state index contributed by atoms with van der Waals surface area (Å²) in [7, 11) is 0. The molecule has 146 valence electrons. The Morgan fingerprint density at radius 1 is 1.26 bits per heavy atom. The van der Waals surface area contributed by atoms with Crippen molar-refractivity contribution in [3.8, 4) is 0 Å². The third kappa shape index (κ3) is 5.04. The Bertz CT molecular complexity index is 730. The normalized spacial score (nSPS) is 15.9. The van der Waals surface area contributed by atoms with Crippen LogP contribution in [0.4, 0.5) is 10.5 Å². The Hall–Kier alpha value is -2.01. The molecule has 0 spiro atoms. The van der Waals surface area contributed by atoms with Gasteiger partial charge in [0.15, 0.2) is 0 Å². The molecule has 0 bridgehead atoms. The molecule has 1 atom stereocenters. The molecule has 1 aliphatic carbocycles. The zero-order valence-corrected chi connectivity index (χ0v) is 17.2. The van der Waals surface area contributed by atoms with Crippen LogP contribution in [0.25, 0.3) is 0 Å². The monoisotopic (exact) mass is 386 g/mol. The molecule has 1 heterocycles. The Labute approximate surface area is 166 Å². The molecule has 1 amide bonds. The van der Waals surface area contributed by atoms with Gasteiger partial charge >= 0.3 is 6.09 Å². The first-order chi connectivity index (χ1) is 13.2. The number of nitrogens with zero attached hydrogens (tertiary/aromatic N) is 1. The van der Waals surface area contributed by atoms with Gasteiger partial charge < -0.3 is 15.0 Å². The Balaban J connectivity index is 1.85. The number of fused-ring (bicyclic) bond motifs is 1. The number of carbonyl (C=O) groups is 1. The van der Waals surface area contributed by atoms with Crippen molar-refractivity contribution in [1.29, 1.82) is 0 Å². The second-order valence-electron chi connectivity index (χ2n) is 6.98. The molecule has 1 aromatic carbocycles. The third-order valence-corrected chi connectivity index (χ3v) is 6.01. The largest absolute Gasteiger partial charge is 0.450 e. The standard InChI is InChI=1S/C22H30N2O2S/c1-3-14-24(15-13-18-10-7-16-27-18)20-12-6-9-17-8-5-11-19(21(17)20)23-22(25)26-4-2/h6-7,9-10,12,16,19H,3-5,8,11,13-15H2,1-2H3,(H,23,25). The van der Waals surface area contributed by atoms with E-state index in [0.717, 1.165) is 45.2 Å². The number of ether oxygens (including phenoxy) is 1. The van der Waals surface area contributed by atoms with E-state index in [-0.39, 0.29) is 12.1 Å². The Morgan fingerprint density at radius 3 is 2.89 bits per heavy atom.